The van der Waals surface area contributed by atoms with E-state index in [0.717, 1.165) is 5.69 Å². The molecule has 1 aromatic rings. The van der Waals surface area contributed by atoms with Crippen LogP contribution < -0.4 is 15.0 Å². The number of nitrogens with one attached hydrogen (secondary N) is 1. The number of amides is 2. The average Bonchev–Trinajstić information content (AvgIpc) is 2.87. The van der Waals surface area contributed by atoms with Crippen LogP contribution in [-0.2, 0) is 9.59 Å². The third kappa shape index (κ3) is 2.99. The predicted octanol–water partition coefficient (Wildman–Crippen LogP) is 1.35. The minimum Gasteiger partial charge on any atom is -0.497 e. The maximum absolute atomic E-state index is 12.0. The summed E-state index contributed by atoms with van der Waals surface area (Å²) < 4.78 is 5.15. The topological polar surface area (TPSA) is 58.6 Å². The minimum absolute atomic E-state index is 0.0444. The van der Waals surface area contributed by atoms with Crippen molar-refractivity contribution in [2.24, 2.45) is 5.92 Å². The predicted molar refractivity (Wildman–Crippen MR) is 76.7 cm³/mol. The van der Waals surface area contributed by atoms with E-state index in [1.807, 2.05) is 18.2 Å². The van der Waals surface area contributed by atoms with E-state index in [0.29, 0.717) is 18.8 Å². The zero-order valence-electron chi connectivity index (χ0n) is 11.5. The average molecular weight is 274 g/mol. The highest BCUT2D eigenvalue weighted by Crippen LogP contribution is 2.27. The molecule has 0 unspecified atom stereocenters. The summed E-state index contributed by atoms with van der Waals surface area (Å²) in [5.41, 5.74) is 0.758. The highest BCUT2D eigenvalue weighted by atomic mass is 16.5. The Hall–Kier alpha value is -2.30. The Kier molecular flexibility index (Phi) is 4.40. The largest absolute Gasteiger partial charge is 0.497 e. The minimum atomic E-state index is -0.311. The Labute approximate surface area is 118 Å². The molecule has 20 heavy (non-hydrogen) atoms. The number of methoxy groups -OCH3 is 1. The van der Waals surface area contributed by atoms with E-state index in [9.17, 15) is 9.59 Å². The van der Waals surface area contributed by atoms with Crippen molar-refractivity contribution in [2.75, 3.05) is 25.1 Å². The molecule has 2 amide bonds. The molecule has 0 radical (unpaired) electrons. The number of rotatable bonds is 5. The Balaban J connectivity index is 2.08. The molecular formula is C15H18N2O3. The van der Waals surface area contributed by atoms with Crippen molar-refractivity contribution in [1.29, 1.82) is 0 Å². The fraction of sp³-hybridized carbons (Fsp3) is 0.333. The smallest absolute Gasteiger partial charge is 0.227 e. The monoisotopic (exact) mass is 274 g/mol. The number of benzene rings is 1. The lowest BCUT2D eigenvalue weighted by molar-refractivity contribution is -0.126. The molecule has 0 aliphatic carbocycles. The van der Waals surface area contributed by atoms with E-state index in [-0.39, 0.29) is 24.2 Å². The number of anilines is 1. The van der Waals surface area contributed by atoms with Gasteiger partial charge in [-0.3, -0.25) is 9.59 Å². The van der Waals surface area contributed by atoms with E-state index >= 15 is 0 Å². The second-order valence-electron chi connectivity index (χ2n) is 4.64. The molecule has 0 bridgehead atoms. The first kappa shape index (κ1) is 14.1. The van der Waals surface area contributed by atoms with Gasteiger partial charge in [0, 0.05) is 31.3 Å². The van der Waals surface area contributed by atoms with Crippen molar-refractivity contribution in [3.05, 3.63) is 36.9 Å². The van der Waals surface area contributed by atoms with Crippen LogP contribution >= 0.6 is 0 Å². The molecule has 1 aliphatic heterocycles. The number of ether oxygens (including phenoxy) is 1. The van der Waals surface area contributed by atoms with Crippen LogP contribution in [-0.4, -0.2) is 32.0 Å². The van der Waals surface area contributed by atoms with Gasteiger partial charge in [0.25, 0.3) is 0 Å². The second kappa shape index (κ2) is 6.23. The van der Waals surface area contributed by atoms with Crippen LogP contribution in [0.15, 0.2) is 36.9 Å². The van der Waals surface area contributed by atoms with Crippen LogP contribution in [0.3, 0.4) is 0 Å². The van der Waals surface area contributed by atoms with Gasteiger partial charge in [-0.05, 0) is 12.1 Å². The fourth-order valence-electron chi connectivity index (χ4n) is 2.23. The van der Waals surface area contributed by atoms with Gasteiger partial charge in [0.15, 0.2) is 0 Å². The zero-order chi connectivity index (χ0) is 14.5. The van der Waals surface area contributed by atoms with Gasteiger partial charge in [-0.2, -0.15) is 0 Å². The fourth-order valence-corrected chi connectivity index (χ4v) is 2.23. The molecule has 1 heterocycles. The Morgan fingerprint density at radius 3 is 3.10 bits per heavy atom. The molecular weight excluding hydrogens is 256 g/mol. The molecule has 106 valence electrons. The SMILES string of the molecule is C=CCNC(=O)[C@H]1CC(=O)N(c2cccc(OC)c2)C1. The molecule has 1 aromatic carbocycles. The van der Waals surface area contributed by atoms with E-state index in [2.05, 4.69) is 11.9 Å². The second-order valence-corrected chi connectivity index (χ2v) is 4.64. The van der Waals surface area contributed by atoms with E-state index in [4.69, 9.17) is 4.74 Å². The van der Waals surface area contributed by atoms with Crippen molar-refractivity contribution in [3.8, 4) is 5.75 Å². The molecule has 1 aliphatic rings. The maximum atomic E-state index is 12.0. The van der Waals surface area contributed by atoms with Crippen LogP contribution in [0.2, 0.25) is 0 Å². The molecule has 5 nitrogen and oxygen atoms in total. The van der Waals surface area contributed by atoms with Crippen molar-refractivity contribution >= 4 is 17.5 Å². The van der Waals surface area contributed by atoms with Crippen LogP contribution in [0, 0.1) is 5.92 Å². The summed E-state index contributed by atoms with van der Waals surface area (Å²) >= 11 is 0. The standard InChI is InChI=1S/C15H18N2O3/c1-3-7-16-15(19)11-8-14(18)17(10-11)12-5-4-6-13(9-12)20-2/h3-6,9,11H,1,7-8,10H2,2H3,(H,16,19)/t11-/m0/s1. The number of carbonyl (C=O) groups excluding carboxylic acids is 2. The molecule has 0 saturated carbocycles. The Bertz CT molecular complexity index is 528. The zero-order valence-corrected chi connectivity index (χ0v) is 11.5. The molecule has 1 saturated heterocycles. The van der Waals surface area contributed by atoms with Crippen molar-refractivity contribution in [3.63, 3.8) is 0 Å². The van der Waals surface area contributed by atoms with Gasteiger partial charge in [-0.25, -0.2) is 0 Å². The highest BCUT2D eigenvalue weighted by molar-refractivity contribution is 6.00. The van der Waals surface area contributed by atoms with E-state index in [1.54, 1.807) is 24.2 Å². The summed E-state index contributed by atoms with van der Waals surface area (Å²) in [6.45, 7) is 4.37. The van der Waals surface area contributed by atoms with Gasteiger partial charge in [0.05, 0.1) is 13.0 Å². The lowest BCUT2D eigenvalue weighted by Gasteiger charge is -2.17. The number of hydrogen-bond acceptors (Lipinski definition) is 3. The first-order valence-corrected chi connectivity index (χ1v) is 6.48. The Morgan fingerprint density at radius 1 is 1.60 bits per heavy atom. The van der Waals surface area contributed by atoms with E-state index < -0.39 is 0 Å². The van der Waals surface area contributed by atoms with Gasteiger partial charge < -0.3 is 15.0 Å². The summed E-state index contributed by atoms with van der Waals surface area (Å²) in [7, 11) is 1.58. The van der Waals surface area contributed by atoms with Crippen LogP contribution in [0.4, 0.5) is 5.69 Å². The Morgan fingerprint density at radius 2 is 2.40 bits per heavy atom. The first-order chi connectivity index (χ1) is 9.65. The van der Waals surface area contributed by atoms with Crippen molar-refractivity contribution in [2.45, 2.75) is 6.42 Å². The summed E-state index contributed by atoms with van der Waals surface area (Å²) in [5.74, 6) is 0.226. The molecule has 1 fully saturated rings. The number of nitrogens with zero attached hydrogens (tertiary/aromatic N) is 1. The van der Waals surface area contributed by atoms with E-state index in [1.165, 1.54) is 0 Å². The van der Waals surface area contributed by atoms with Gasteiger partial charge >= 0.3 is 0 Å². The van der Waals surface area contributed by atoms with Crippen LogP contribution in [0.5, 0.6) is 5.75 Å². The van der Waals surface area contributed by atoms with Gasteiger partial charge in [0.2, 0.25) is 11.8 Å². The van der Waals surface area contributed by atoms with Crippen LogP contribution in [0.1, 0.15) is 6.42 Å². The summed E-state index contributed by atoms with van der Waals surface area (Å²) in [6, 6.07) is 7.28. The molecule has 2 rings (SSSR count). The third-order valence-corrected chi connectivity index (χ3v) is 3.28. The quantitative estimate of drug-likeness (QED) is 0.825. The highest BCUT2D eigenvalue weighted by Gasteiger charge is 2.34. The van der Waals surface area contributed by atoms with Crippen molar-refractivity contribution in [1.82, 2.24) is 5.32 Å². The summed E-state index contributed by atoms with van der Waals surface area (Å²) in [4.78, 5) is 25.6. The lowest BCUT2D eigenvalue weighted by atomic mass is 10.1. The molecule has 1 atom stereocenters. The van der Waals surface area contributed by atoms with Crippen LogP contribution in [0.25, 0.3) is 0 Å². The summed E-state index contributed by atoms with van der Waals surface area (Å²) in [5, 5.41) is 2.73. The number of hydrogen-bond donors (Lipinski definition) is 1. The van der Waals surface area contributed by atoms with Gasteiger partial charge in [-0.1, -0.05) is 12.1 Å². The molecule has 0 spiro atoms. The maximum Gasteiger partial charge on any atom is 0.227 e. The first-order valence-electron chi connectivity index (χ1n) is 6.48. The van der Waals surface area contributed by atoms with Crippen molar-refractivity contribution < 1.29 is 14.3 Å². The van der Waals surface area contributed by atoms with Gasteiger partial charge in [0.1, 0.15) is 5.75 Å². The van der Waals surface area contributed by atoms with Gasteiger partial charge in [-0.15, -0.1) is 6.58 Å². The summed E-state index contributed by atoms with van der Waals surface area (Å²) in [6.07, 6.45) is 1.86. The molecule has 5 heteroatoms. The number of carbonyl (C=O) groups is 2. The molecule has 1 N–H and O–H groups in total. The third-order valence-electron chi connectivity index (χ3n) is 3.28. The normalized spacial score (nSPS) is 17.9. The lowest BCUT2D eigenvalue weighted by Crippen LogP contribution is -2.32. The molecule has 0 aromatic heterocycles.